The topological polar surface area (TPSA) is 46.5 Å². The van der Waals surface area contributed by atoms with E-state index in [4.69, 9.17) is 5.11 Å². The third-order valence-electron chi connectivity index (χ3n) is 3.13. The first-order valence-electron chi connectivity index (χ1n) is 5.75. The van der Waals surface area contributed by atoms with E-state index in [2.05, 4.69) is 4.74 Å². The van der Waals surface area contributed by atoms with Gasteiger partial charge < -0.3 is 9.84 Å². The van der Waals surface area contributed by atoms with Crippen LogP contribution in [0, 0.1) is 5.41 Å². The fourth-order valence-corrected chi connectivity index (χ4v) is 1.10. The first-order valence-corrected chi connectivity index (χ1v) is 5.75. The summed E-state index contributed by atoms with van der Waals surface area (Å²) in [7, 11) is 0. The summed E-state index contributed by atoms with van der Waals surface area (Å²) in [5, 5.41) is 8.71. The number of carbonyl (C=O) groups is 1. The van der Waals surface area contributed by atoms with E-state index in [9.17, 15) is 35.5 Å². The predicted octanol–water partition coefficient (Wildman–Crippen LogP) is 3.16. The third kappa shape index (κ3) is 3.78. The van der Waals surface area contributed by atoms with E-state index in [0.717, 1.165) is 0 Å². The van der Waals surface area contributed by atoms with Crippen molar-refractivity contribution in [3.05, 3.63) is 0 Å². The Balaban J connectivity index is 5.25. The minimum absolute atomic E-state index is 0.121. The molecule has 0 radical (unpaired) electrons. The fraction of sp³-hybridized carbons (Fsp3) is 0.909. The molecule has 1 N–H and O–H groups in total. The summed E-state index contributed by atoms with van der Waals surface area (Å²) >= 11 is 0. The van der Waals surface area contributed by atoms with Crippen molar-refractivity contribution in [1.29, 1.82) is 0 Å². The van der Waals surface area contributed by atoms with Gasteiger partial charge in [0.25, 0.3) is 12.0 Å². The van der Waals surface area contributed by atoms with Gasteiger partial charge in [0.15, 0.2) is 6.61 Å². The van der Waals surface area contributed by atoms with Gasteiger partial charge in [-0.2, -0.15) is 22.0 Å². The van der Waals surface area contributed by atoms with Gasteiger partial charge in [-0.1, -0.05) is 6.92 Å². The van der Waals surface area contributed by atoms with Crippen LogP contribution in [0.15, 0.2) is 0 Å². The second-order valence-corrected chi connectivity index (χ2v) is 5.08. The molecule has 3 nitrogen and oxygen atoms in total. The molecule has 0 aromatic carbocycles. The standard InChI is InChI=1S/C11H15F7O3/c1-4-8(2,3)7(19)21-5-9(14,15)10(20,6(12)13)11(16,17)18/h6,20H,4-5H2,1-3H3. The lowest BCUT2D eigenvalue weighted by Crippen LogP contribution is -2.65. The Morgan fingerprint density at radius 2 is 1.57 bits per heavy atom. The van der Waals surface area contributed by atoms with Gasteiger partial charge in [0, 0.05) is 0 Å². The normalized spacial score (nSPS) is 16.8. The molecular formula is C11H15F7O3. The van der Waals surface area contributed by atoms with Crippen molar-refractivity contribution in [2.45, 2.75) is 51.3 Å². The Hall–Kier alpha value is -1.06. The molecule has 0 bridgehead atoms. The summed E-state index contributed by atoms with van der Waals surface area (Å²) in [6.45, 7) is 1.73. The van der Waals surface area contributed by atoms with Crippen molar-refractivity contribution in [2.24, 2.45) is 5.41 Å². The van der Waals surface area contributed by atoms with Crippen LogP contribution in [0.1, 0.15) is 27.2 Å². The molecule has 0 aromatic heterocycles. The van der Waals surface area contributed by atoms with Gasteiger partial charge in [-0.3, -0.25) is 4.79 Å². The molecular weight excluding hydrogens is 313 g/mol. The van der Waals surface area contributed by atoms with E-state index in [1.165, 1.54) is 20.8 Å². The minimum Gasteiger partial charge on any atom is -0.459 e. The van der Waals surface area contributed by atoms with Crippen LogP contribution in [-0.2, 0) is 9.53 Å². The van der Waals surface area contributed by atoms with E-state index in [0.29, 0.717) is 0 Å². The summed E-state index contributed by atoms with van der Waals surface area (Å²) in [5.74, 6) is -6.69. The molecule has 10 heteroatoms. The highest BCUT2D eigenvalue weighted by Crippen LogP contribution is 2.46. The molecule has 0 rings (SSSR count). The van der Waals surface area contributed by atoms with Gasteiger partial charge >= 0.3 is 18.1 Å². The van der Waals surface area contributed by atoms with Crippen LogP contribution in [0.4, 0.5) is 30.7 Å². The molecule has 1 atom stereocenters. The molecule has 21 heavy (non-hydrogen) atoms. The van der Waals surface area contributed by atoms with E-state index in [-0.39, 0.29) is 6.42 Å². The minimum atomic E-state index is -6.31. The molecule has 0 saturated carbocycles. The molecule has 0 aliphatic heterocycles. The summed E-state index contributed by atoms with van der Waals surface area (Å²) in [4.78, 5) is 11.4. The van der Waals surface area contributed by atoms with Gasteiger partial charge in [-0.25, -0.2) is 8.78 Å². The highest BCUT2D eigenvalue weighted by Gasteiger charge is 2.75. The van der Waals surface area contributed by atoms with Crippen LogP contribution in [-0.4, -0.2) is 41.8 Å². The van der Waals surface area contributed by atoms with Gasteiger partial charge in [0.2, 0.25) is 0 Å². The zero-order valence-electron chi connectivity index (χ0n) is 11.4. The van der Waals surface area contributed by atoms with E-state index in [1.54, 1.807) is 0 Å². The molecule has 1 unspecified atom stereocenters. The highest BCUT2D eigenvalue weighted by molar-refractivity contribution is 5.75. The molecule has 0 aromatic rings. The Bertz CT molecular complexity index is 379. The Morgan fingerprint density at radius 3 is 1.86 bits per heavy atom. The van der Waals surface area contributed by atoms with Gasteiger partial charge in [0.1, 0.15) is 0 Å². The summed E-state index contributed by atoms with van der Waals surface area (Å²) in [6, 6.07) is 0. The van der Waals surface area contributed by atoms with Crippen LogP contribution in [0.5, 0.6) is 0 Å². The molecule has 0 spiro atoms. The molecule has 0 fully saturated rings. The second-order valence-electron chi connectivity index (χ2n) is 5.08. The number of halogens is 7. The number of carbonyl (C=O) groups excluding carboxylic acids is 1. The number of esters is 1. The van der Waals surface area contributed by atoms with E-state index in [1.807, 2.05) is 0 Å². The Kier molecular flexibility index (Phi) is 5.67. The maximum Gasteiger partial charge on any atom is 0.429 e. The fourth-order valence-electron chi connectivity index (χ4n) is 1.10. The largest absolute Gasteiger partial charge is 0.459 e. The van der Waals surface area contributed by atoms with Crippen LogP contribution < -0.4 is 0 Å². The number of alkyl halides is 7. The second kappa shape index (κ2) is 5.98. The van der Waals surface area contributed by atoms with E-state index >= 15 is 0 Å². The lowest BCUT2D eigenvalue weighted by atomic mass is 9.90. The third-order valence-corrected chi connectivity index (χ3v) is 3.13. The molecule has 0 saturated heterocycles. The van der Waals surface area contributed by atoms with Crippen LogP contribution in [0.3, 0.4) is 0 Å². The molecule has 0 heterocycles. The van der Waals surface area contributed by atoms with Gasteiger partial charge in [-0.15, -0.1) is 0 Å². The SMILES string of the molecule is CCC(C)(C)C(=O)OCC(F)(F)C(O)(C(F)F)C(F)(F)F. The zero-order valence-corrected chi connectivity index (χ0v) is 11.4. The van der Waals surface area contributed by atoms with Crippen LogP contribution in [0.2, 0.25) is 0 Å². The van der Waals surface area contributed by atoms with Crippen molar-refractivity contribution in [1.82, 2.24) is 0 Å². The molecule has 0 aliphatic carbocycles. The average molecular weight is 328 g/mol. The summed E-state index contributed by atoms with van der Waals surface area (Å²) in [5.41, 5.74) is -6.88. The van der Waals surface area contributed by atoms with Gasteiger partial charge in [-0.05, 0) is 20.3 Å². The van der Waals surface area contributed by atoms with Crippen molar-refractivity contribution in [3.8, 4) is 0 Å². The van der Waals surface area contributed by atoms with Crippen LogP contribution >= 0.6 is 0 Å². The predicted molar refractivity (Wildman–Crippen MR) is 57.0 cm³/mol. The molecule has 0 amide bonds. The van der Waals surface area contributed by atoms with Crippen molar-refractivity contribution in [2.75, 3.05) is 6.61 Å². The van der Waals surface area contributed by atoms with Crippen LogP contribution in [0.25, 0.3) is 0 Å². The lowest BCUT2D eigenvalue weighted by Gasteiger charge is -2.36. The Morgan fingerprint density at radius 1 is 1.14 bits per heavy atom. The summed E-state index contributed by atoms with van der Waals surface area (Å²) < 4.78 is 92.3. The zero-order chi connectivity index (χ0) is 17.3. The maximum absolute atomic E-state index is 13.3. The summed E-state index contributed by atoms with van der Waals surface area (Å²) in [6.07, 6.45) is -11.0. The average Bonchev–Trinajstić information content (AvgIpc) is 2.32. The number of rotatable bonds is 6. The quantitative estimate of drug-likeness (QED) is 0.602. The first-order chi connectivity index (χ1) is 9.13. The lowest BCUT2D eigenvalue weighted by molar-refractivity contribution is -0.370. The number of aliphatic hydroxyl groups is 1. The molecule has 126 valence electrons. The smallest absolute Gasteiger partial charge is 0.429 e. The highest BCUT2D eigenvalue weighted by atomic mass is 19.4. The Labute approximate surface area is 116 Å². The maximum atomic E-state index is 13.3. The number of ether oxygens (including phenoxy) is 1. The first kappa shape index (κ1) is 19.9. The van der Waals surface area contributed by atoms with Crippen molar-refractivity contribution >= 4 is 5.97 Å². The monoisotopic (exact) mass is 328 g/mol. The van der Waals surface area contributed by atoms with E-state index < -0.39 is 42.1 Å². The van der Waals surface area contributed by atoms with Crippen molar-refractivity contribution in [3.63, 3.8) is 0 Å². The van der Waals surface area contributed by atoms with Gasteiger partial charge in [0.05, 0.1) is 5.41 Å². The van der Waals surface area contributed by atoms with Crippen molar-refractivity contribution < 1.29 is 45.4 Å². The molecule has 0 aliphatic rings. The number of hydrogen-bond donors (Lipinski definition) is 1. The number of hydrogen-bond acceptors (Lipinski definition) is 3.